The van der Waals surface area contributed by atoms with Crippen LogP contribution in [-0.4, -0.2) is 8.42 Å². The van der Waals surface area contributed by atoms with Gasteiger partial charge < -0.3 is 9.47 Å². The first kappa shape index (κ1) is 24.4. The molecule has 8 heteroatoms. The first-order valence-electron chi connectivity index (χ1n) is 11.4. The molecule has 0 aromatic heterocycles. The molecular formula is C30H19N3O4S. The van der Waals surface area contributed by atoms with E-state index in [-0.39, 0.29) is 10.6 Å². The van der Waals surface area contributed by atoms with Crippen LogP contribution in [0.25, 0.3) is 10.8 Å². The molecule has 5 rings (SSSR count). The van der Waals surface area contributed by atoms with E-state index in [4.69, 9.17) is 20.0 Å². The largest absolute Gasteiger partial charge is 0.457 e. The van der Waals surface area contributed by atoms with E-state index < -0.39 is 10.0 Å². The lowest BCUT2D eigenvalue weighted by atomic mass is 10.1. The first-order chi connectivity index (χ1) is 18.4. The molecule has 7 nitrogen and oxygen atoms in total. The highest BCUT2D eigenvalue weighted by molar-refractivity contribution is 7.92. The molecule has 0 unspecified atom stereocenters. The maximum Gasteiger partial charge on any atom is 0.261 e. The van der Waals surface area contributed by atoms with Crippen molar-refractivity contribution in [2.75, 3.05) is 4.72 Å². The zero-order chi connectivity index (χ0) is 26.5. The van der Waals surface area contributed by atoms with Crippen LogP contribution in [0.15, 0.2) is 114 Å². The predicted octanol–water partition coefficient (Wildman–Crippen LogP) is 6.97. The van der Waals surface area contributed by atoms with E-state index in [2.05, 4.69) is 16.9 Å². The number of nitrogens with one attached hydrogen (secondary N) is 1. The van der Waals surface area contributed by atoms with Gasteiger partial charge >= 0.3 is 0 Å². The molecule has 0 saturated heterocycles. The fourth-order valence-electron chi connectivity index (χ4n) is 3.76. The average Bonchev–Trinajstić information content (AvgIpc) is 2.93. The molecule has 0 atom stereocenters. The van der Waals surface area contributed by atoms with Gasteiger partial charge in [0.1, 0.15) is 23.0 Å². The maximum absolute atomic E-state index is 13.3. The van der Waals surface area contributed by atoms with Crippen molar-refractivity contribution in [2.45, 2.75) is 4.90 Å². The highest BCUT2D eigenvalue weighted by Gasteiger charge is 2.17. The Hall–Kier alpha value is -5.31. The lowest BCUT2D eigenvalue weighted by Crippen LogP contribution is -2.13. The third-order valence-corrected chi connectivity index (χ3v) is 6.98. The van der Waals surface area contributed by atoms with Crippen LogP contribution in [-0.2, 0) is 10.0 Å². The molecule has 0 aliphatic carbocycles. The van der Waals surface area contributed by atoms with Crippen LogP contribution in [0.2, 0.25) is 0 Å². The Kier molecular flexibility index (Phi) is 6.65. The molecule has 0 fully saturated rings. The van der Waals surface area contributed by atoms with Gasteiger partial charge in [-0.05, 0) is 71.4 Å². The summed E-state index contributed by atoms with van der Waals surface area (Å²) in [5.41, 5.74) is 1.20. The van der Waals surface area contributed by atoms with Crippen LogP contribution in [0.3, 0.4) is 0 Å². The second-order valence-corrected chi connectivity index (χ2v) is 9.97. The Morgan fingerprint density at radius 2 is 1.11 bits per heavy atom. The molecule has 0 bridgehead atoms. The predicted molar refractivity (Wildman–Crippen MR) is 144 cm³/mol. The number of anilines is 1. The second kappa shape index (κ2) is 10.4. The van der Waals surface area contributed by atoms with E-state index in [9.17, 15) is 8.42 Å². The van der Waals surface area contributed by atoms with Gasteiger partial charge in [0.2, 0.25) is 0 Å². The Bertz CT molecular complexity index is 1740. The Balaban J connectivity index is 1.48. The molecule has 38 heavy (non-hydrogen) atoms. The molecule has 0 amide bonds. The van der Waals surface area contributed by atoms with Crippen LogP contribution in [0.4, 0.5) is 5.69 Å². The molecule has 0 saturated carbocycles. The van der Waals surface area contributed by atoms with E-state index in [0.29, 0.717) is 34.1 Å². The van der Waals surface area contributed by atoms with Crippen LogP contribution in [0.5, 0.6) is 23.0 Å². The number of hydrogen-bond acceptors (Lipinski definition) is 6. The normalized spacial score (nSPS) is 10.8. The van der Waals surface area contributed by atoms with Crippen molar-refractivity contribution in [1.29, 1.82) is 10.5 Å². The SMILES string of the molecule is N#Cc1ccc(Oc2cc(NS(=O)(=O)c3ccc4ccccc4c3)cc(Oc3ccc(C#N)cc3)c2)cc1. The van der Waals surface area contributed by atoms with E-state index in [0.717, 1.165) is 10.8 Å². The van der Waals surface area contributed by atoms with Crippen molar-refractivity contribution in [3.8, 4) is 35.1 Å². The van der Waals surface area contributed by atoms with E-state index in [1.165, 1.54) is 0 Å². The molecule has 0 aliphatic heterocycles. The van der Waals surface area contributed by atoms with E-state index in [1.54, 1.807) is 84.9 Å². The van der Waals surface area contributed by atoms with Crippen molar-refractivity contribution in [1.82, 2.24) is 0 Å². The third kappa shape index (κ3) is 5.57. The van der Waals surface area contributed by atoms with Crippen molar-refractivity contribution in [2.24, 2.45) is 0 Å². The zero-order valence-electron chi connectivity index (χ0n) is 19.8. The van der Waals surface area contributed by atoms with Crippen LogP contribution < -0.4 is 14.2 Å². The number of rotatable bonds is 7. The van der Waals surface area contributed by atoms with E-state index >= 15 is 0 Å². The number of nitrogens with zero attached hydrogens (tertiary/aromatic N) is 2. The first-order valence-corrected chi connectivity index (χ1v) is 12.9. The highest BCUT2D eigenvalue weighted by Crippen LogP contribution is 2.34. The summed E-state index contributed by atoms with van der Waals surface area (Å²) in [7, 11) is -3.94. The minimum Gasteiger partial charge on any atom is -0.457 e. The Morgan fingerprint density at radius 1 is 0.579 bits per heavy atom. The zero-order valence-corrected chi connectivity index (χ0v) is 20.6. The number of nitriles is 2. The third-order valence-electron chi connectivity index (χ3n) is 5.60. The number of hydrogen-bond donors (Lipinski definition) is 1. The molecule has 5 aromatic rings. The van der Waals surface area contributed by atoms with Crippen molar-refractivity contribution < 1.29 is 17.9 Å². The summed E-state index contributed by atoms with van der Waals surface area (Å²) < 4.78 is 41.0. The van der Waals surface area contributed by atoms with Gasteiger partial charge in [0.05, 0.1) is 33.8 Å². The van der Waals surface area contributed by atoms with Gasteiger partial charge in [-0.2, -0.15) is 10.5 Å². The minimum absolute atomic E-state index is 0.115. The summed E-state index contributed by atoms with van der Waals surface area (Å²) >= 11 is 0. The van der Waals surface area contributed by atoms with E-state index in [1.807, 2.05) is 24.3 Å². The van der Waals surface area contributed by atoms with Gasteiger partial charge in [-0.25, -0.2) is 8.42 Å². The molecule has 0 radical (unpaired) electrons. The van der Waals surface area contributed by atoms with Crippen LogP contribution in [0.1, 0.15) is 11.1 Å². The van der Waals surface area contributed by atoms with Gasteiger partial charge in [-0.3, -0.25) is 4.72 Å². The molecule has 0 heterocycles. The topological polar surface area (TPSA) is 112 Å². The van der Waals surface area contributed by atoms with Gasteiger partial charge in [-0.15, -0.1) is 0 Å². The molecule has 0 aliphatic rings. The number of ether oxygens (including phenoxy) is 2. The molecule has 184 valence electrons. The monoisotopic (exact) mass is 517 g/mol. The quantitative estimate of drug-likeness (QED) is 0.249. The molecule has 0 spiro atoms. The van der Waals surface area contributed by atoms with Crippen LogP contribution in [0, 0.1) is 22.7 Å². The Labute approximate surface area is 219 Å². The lowest BCUT2D eigenvalue weighted by molar-refractivity contribution is 0.461. The van der Waals surface area contributed by atoms with Gasteiger partial charge in [0.25, 0.3) is 10.0 Å². The number of benzene rings is 5. The fourth-order valence-corrected chi connectivity index (χ4v) is 4.84. The van der Waals surface area contributed by atoms with Gasteiger partial charge in [0.15, 0.2) is 0 Å². The summed E-state index contributed by atoms with van der Waals surface area (Å²) in [6.45, 7) is 0. The summed E-state index contributed by atoms with van der Waals surface area (Å²) in [5.74, 6) is 1.56. The smallest absolute Gasteiger partial charge is 0.261 e. The molecular weight excluding hydrogens is 498 g/mol. The van der Waals surface area contributed by atoms with Gasteiger partial charge in [-0.1, -0.05) is 30.3 Å². The van der Waals surface area contributed by atoms with Crippen molar-refractivity contribution in [3.63, 3.8) is 0 Å². The van der Waals surface area contributed by atoms with Gasteiger partial charge in [0, 0.05) is 18.2 Å². The summed E-state index contributed by atoms with van der Waals surface area (Å²) in [5, 5.41) is 19.8. The van der Waals surface area contributed by atoms with Crippen LogP contribution >= 0.6 is 0 Å². The highest BCUT2D eigenvalue weighted by atomic mass is 32.2. The number of fused-ring (bicyclic) bond motifs is 1. The minimum atomic E-state index is -3.94. The Morgan fingerprint density at radius 3 is 1.63 bits per heavy atom. The fraction of sp³-hybridized carbons (Fsp3) is 0. The standard InChI is InChI=1S/C30H19N3O4S/c31-19-21-5-10-26(11-6-21)36-28-16-25(17-29(18-28)37-27-12-7-22(20-32)8-13-27)33-38(34,35)30-14-9-23-3-1-2-4-24(23)15-30/h1-18,33H. The maximum atomic E-state index is 13.3. The summed E-state index contributed by atoms with van der Waals surface area (Å²) in [6.07, 6.45) is 0. The molecule has 1 N–H and O–H groups in total. The average molecular weight is 518 g/mol. The summed E-state index contributed by atoms with van der Waals surface area (Å²) in [6, 6.07) is 34.3. The summed E-state index contributed by atoms with van der Waals surface area (Å²) in [4.78, 5) is 0.115. The van der Waals surface area contributed by atoms with Crippen molar-refractivity contribution >= 4 is 26.5 Å². The lowest BCUT2D eigenvalue weighted by Gasteiger charge is -2.14. The molecule has 5 aromatic carbocycles. The second-order valence-electron chi connectivity index (χ2n) is 8.28. The number of sulfonamides is 1. The van der Waals surface area contributed by atoms with Crippen molar-refractivity contribution in [3.05, 3.63) is 120 Å².